The molecule has 0 spiro atoms. The van der Waals surface area contributed by atoms with Gasteiger partial charge in [-0.25, -0.2) is 4.79 Å². The van der Waals surface area contributed by atoms with Crippen LogP contribution in [0, 0.1) is 11.3 Å². The van der Waals surface area contributed by atoms with Gasteiger partial charge < -0.3 is 4.74 Å². The predicted octanol–water partition coefficient (Wildman–Crippen LogP) is 5.79. The number of hydrogen-bond acceptors (Lipinski definition) is 3. The van der Waals surface area contributed by atoms with Gasteiger partial charge in [-0.1, -0.05) is 60.2 Å². The molecule has 2 atom stereocenters. The zero-order valence-corrected chi connectivity index (χ0v) is 17.1. The first kappa shape index (κ1) is 18.9. The third-order valence-corrected chi connectivity index (χ3v) is 6.81. The number of carbonyl (C=O) groups excluding carboxylic acids is 1. The van der Waals surface area contributed by atoms with Crippen molar-refractivity contribution in [2.75, 3.05) is 6.61 Å². The quantitative estimate of drug-likeness (QED) is 0.473. The lowest BCUT2D eigenvalue weighted by Gasteiger charge is -2.33. The monoisotopic (exact) mass is 398 g/mol. The third-order valence-electron chi connectivity index (χ3n) is 6.81. The van der Waals surface area contributed by atoms with Crippen LogP contribution < -0.4 is 0 Å². The summed E-state index contributed by atoms with van der Waals surface area (Å²) in [6.07, 6.45) is 7.52. The minimum absolute atomic E-state index is 0.0980. The van der Waals surface area contributed by atoms with Crippen LogP contribution in [0.3, 0.4) is 0 Å². The fourth-order valence-corrected chi connectivity index (χ4v) is 5.45. The Hall–Kier alpha value is -3.06. The first-order valence-corrected chi connectivity index (χ1v) is 11.0. The molecule has 0 aromatic heterocycles. The summed E-state index contributed by atoms with van der Waals surface area (Å²) in [6.45, 7) is 0.377. The standard InChI is InChI=1S/C26H26N2O2/c27-14-6-5-7-18-15-19-12-13-20(16-18)28(19)26(29)30-17-25-23-10-3-1-8-21(23)22-9-2-4-11-24(22)25/h1-4,8-11,15,19-20,25H,5-7,12-13,16-17H2. The molecule has 2 heterocycles. The summed E-state index contributed by atoms with van der Waals surface area (Å²) in [5.41, 5.74) is 6.38. The maximum absolute atomic E-state index is 13.0. The van der Waals surface area contributed by atoms with Crippen LogP contribution in [0.4, 0.5) is 4.79 Å². The van der Waals surface area contributed by atoms with E-state index in [1.165, 1.54) is 27.8 Å². The van der Waals surface area contributed by atoms with Crippen LogP contribution in [-0.2, 0) is 4.74 Å². The molecule has 4 nitrogen and oxygen atoms in total. The van der Waals surface area contributed by atoms with Crippen LogP contribution in [0.25, 0.3) is 11.1 Å². The van der Waals surface area contributed by atoms with Gasteiger partial charge in [-0.3, -0.25) is 4.90 Å². The number of nitrogens with zero attached hydrogens (tertiary/aromatic N) is 2. The number of ether oxygens (including phenoxy) is 1. The fraction of sp³-hybridized carbons (Fsp3) is 0.385. The molecule has 0 saturated carbocycles. The van der Waals surface area contributed by atoms with Crippen LogP contribution in [0.5, 0.6) is 0 Å². The van der Waals surface area contributed by atoms with Crippen LogP contribution in [-0.4, -0.2) is 29.7 Å². The van der Waals surface area contributed by atoms with Gasteiger partial charge in [0.15, 0.2) is 0 Å². The Morgan fingerprint density at radius 1 is 1.07 bits per heavy atom. The molecule has 1 saturated heterocycles. The van der Waals surface area contributed by atoms with Crippen molar-refractivity contribution in [3.63, 3.8) is 0 Å². The number of nitriles is 1. The molecule has 152 valence electrons. The van der Waals surface area contributed by atoms with E-state index in [0.29, 0.717) is 13.0 Å². The number of fused-ring (bicyclic) bond motifs is 5. The summed E-state index contributed by atoms with van der Waals surface area (Å²) in [5.74, 6) is 0.0980. The molecule has 2 aromatic rings. The zero-order valence-electron chi connectivity index (χ0n) is 17.1. The molecule has 2 unspecified atom stereocenters. The Labute approximate surface area is 177 Å². The fourth-order valence-electron chi connectivity index (χ4n) is 5.45. The van der Waals surface area contributed by atoms with Gasteiger partial charge in [-0.05, 0) is 54.4 Å². The number of unbranched alkanes of at least 4 members (excludes halogenated alkanes) is 1. The van der Waals surface area contributed by atoms with E-state index in [1.54, 1.807) is 0 Å². The largest absolute Gasteiger partial charge is 0.448 e. The maximum Gasteiger partial charge on any atom is 0.410 e. The van der Waals surface area contributed by atoms with Crippen molar-refractivity contribution >= 4 is 6.09 Å². The summed E-state index contributed by atoms with van der Waals surface area (Å²) in [5, 5.41) is 8.76. The maximum atomic E-state index is 13.0. The summed E-state index contributed by atoms with van der Waals surface area (Å²) in [4.78, 5) is 15.0. The first-order valence-electron chi connectivity index (χ1n) is 11.0. The molecule has 30 heavy (non-hydrogen) atoms. The number of amides is 1. The van der Waals surface area contributed by atoms with E-state index in [9.17, 15) is 4.79 Å². The smallest absolute Gasteiger partial charge is 0.410 e. The lowest BCUT2D eigenvalue weighted by molar-refractivity contribution is 0.0848. The number of benzene rings is 2. The summed E-state index contributed by atoms with van der Waals surface area (Å²) < 4.78 is 5.91. The van der Waals surface area contributed by atoms with Crippen molar-refractivity contribution in [1.82, 2.24) is 4.90 Å². The molecule has 5 rings (SSSR count). The first-order chi connectivity index (χ1) is 14.8. The van der Waals surface area contributed by atoms with Crippen molar-refractivity contribution in [2.24, 2.45) is 0 Å². The molecule has 2 bridgehead atoms. The highest BCUT2D eigenvalue weighted by atomic mass is 16.6. The van der Waals surface area contributed by atoms with E-state index in [2.05, 4.69) is 60.7 Å². The molecule has 3 aliphatic rings. The van der Waals surface area contributed by atoms with E-state index >= 15 is 0 Å². The highest BCUT2D eigenvalue weighted by molar-refractivity contribution is 5.79. The molecular weight excluding hydrogens is 372 g/mol. The van der Waals surface area contributed by atoms with E-state index in [-0.39, 0.29) is 24.1 Å². The normalized spacial score (nSPS) is 21.6. The second-order valence-corrected chi connectivity index (χ2v) is 8.55. The number of carbonyl (C=O) groups is 1. The van der Waals surface area contributed by atoms with Crippen molar-refractivity contribution in [3.05, 3.63) is 71.3 Å². The molecule has 1 fully saturated rings. The van der Waals surface area contributed by atoms with Gasteiger partial charge in [-0.15, -0.1) is 0 Å². The number of hydrogen-bond donors (Lipinski definition) is 0. The zero-order chi connectivity index (χ0) is 20.5. The van der Waals surface area contributed by atoms with Gasteiger partial charge in [0.2, 0.25) is 0 Å². The Morgan fingerprint density at radius 3 is 2.43 bits per heavy atom. The molecular formula is C26H26N2O2. The average molecular weight is 399 g/mol. The SMILES string of the molecule is N#CCCCC1=CC2CCC(C1)N2C(=O)OCC1c2ccccc2-c2ccccc21. The van der Waals surface area contributed by atoms with Gasteiger partial charge in [0, 0.05) is 18.4 Å². The van der Waals surface area contributed by atoms with E-state index in [1.807, 2.05) is 4.90 Å². The van der Waals surface area contributed by atoms with Crippen LogP contribution in [0.15, 0.2) is 60.2 Å². The molecule has 2 aromatic carbocycles. The second-order valence-electron chi connectivity index (χ2n) is 8.55. The second kappa shape index (κ2) is 7.99. The lowest BCUT2D eigenvalue weighted by atomic mass is 9.97. The van der Waals surface area contributed by atoms with Gasteiger partial charge in [-0.2, -0.15) is 5.26 Å². The van der Waals surface area contributed by atoms with Crippen molar-refractivity contribution < 1.29 is 9.53 Å². The van der Waals surface area contributed by atoms with E-state index in [4.69, 9.17) is 10.00 Å². The van der Waals surface area contributed by atoms with Gasteiger partial charge >= 0.3 is 6.09 Å². The number of rotatable bonds is 5. The lowest BCUT2D eigenvalue weighted by Crippen LogP contribution is -2.43. The third kappa shape index (κ3) is 3.29. The van der Waals surface area contributed by atoms with Gasteiger partial charge in [0.05, 0.1) is 12.1 Å². The Morgan fingerprint density at radius 2 is 1.77 bits per heavy atom. The van der Waals surface area contributed by atoms with Crippen LogP contribution in [0.1, 0.15) is 55.6 Å². The van der Waals surface area contributed by atoms with Gasteiger partial charge in [0.25, 0.3) is 0 Å². The van der Waals surface area contributed by atoms with Crippen molar-refractivity contribution in [2.45, 2.75) is 56.5 Å². The van der Waals surface area contributed by atoms with Crippen molar-refractivity contribution in [1.29, 1.82) is 5.26 Å². The Balaban J connectivity index is 1.28. The minimum Gasteiger partial charge on any atom is -0.448 e. The summed E-state index contributed by atoms with van der Waals surface area (Å²) in [6, 6.07) is 19.5. The summed E-state index contributed by atoms with van der Waals surface area (Å²) in [7, 11) is 0. The highest BCUT2D eigenvalue weighted by Crippen LogP contribution is 2.45. The highest BCUT2D eigenvalue weighted by Gasteiger charge is 2.40. The van der Waals surface area contributed by atoms with E-state index < -0.39 is 0 Å². The van der Waals surface area contributed by atoms with Gasteiger partial charge in [0.1, 0.15) is 6.61 Å². The van der Waals surface area contributed by atoms with Crippen molar-refractivity contribution in [3.8, 4) is 17.2 Å². The topological polar surface area (TPSA) is 53.3 Å². The van der Waals surface area contributed by atoms with E-state index in [0.717, 1.165) is 32.1 Å². The Kier molecular flexibility index (Phi) is 5.04. The molecule has 1 aliphatic carbocycles. The predicted molar refractivity (Wildman–Crippen MR) is 116 cm³/mol. The minimum atomic E-state index is -0.184. The van der Waals surface area contributed by atoms with Crippen LogP contribution >= 0.6 is 0 Å². The molecule has 0 N–H and O–H groups in total. The van der Waals surface area contributed by atoms with Crippen LogP contribution in [0.2, 0.25) is 0 Å². The summed E-state index contributed by atoms with van der Waals surface area (Å²) >= 11 is 0. The molecule has 0 radical (unpaired) electrons. The molecule has 1 amide bonds. The Bertz CT molecular complexity index is 990. The molecule has 4 heteroatoms. The molecule has 2 aliphatic heterocycles. The average Bonchev–Trinajstić information content (AvgIpc) is 3.24.